The van der Waals surface area contributed by atoms with Gasteiger partial charge in [0.1, 0.15) is 0 Å². The van der Waals surface area contributed by atoms with Crippen LogP contribution in [0, 0.1) is 5.92 Å². The molecule has 8 nitrogen and oxygen atoms in total. The molecule has 1 amide bonds. The zero-order valence-corrected chi connectivity index (χ0v) is 17.7. The van der Waals surface area contributed by atoms with E-state index in [0.29, 0.717) is 24.1 Å². The van der Waals surface area contributed by atoms with Gasteiger partial charge in [-0.25, -0.2) is 13.1 Å². The molecular formula is C20H31N3O5S. The van der Waals surface area contributed by atoms with Crippen LogP contribution in [0.2, 0.25) is 0 Å². The molecule has 2 aliphatic rings. The van der Waals surface area contributed by atoms with E-state index in [-0.39, 0.29) is 17.3 Å². The zero-order valence-electron chi connectivity index (χ0n) is 16.8. The number of piperidine rings is 2. The maximum atomic E-state index is 12.5. The SMILES string of the molecule is CNC(=O)c1ccc(S(=O)(=O)NCC[C@@H]2CCCN3CCCC[C@H]23)cc1.O=CO. The molecule has 2 fully saturated rings. The minimum absolute atomic E-state index is 0.202. The van der Waals surface area contributed by atoms with Gasteiger partial charge in [-0.2, -0.15) is 0 Å². The third-order valence-corrected chi connectivity index (χ3v) is 7.17. The number of carboxylic acid groups (broad SMARTS) is 1. The lowest BCUT2D eigenvalue weighted by Crippen LogP contribution is -2.48. The van der Waals surface area contributed by atoms with E-state index in [0.717, 1.165) is 6.42 Å². The van der Waals surface area contributed by atoms with Crippen molar-refractivity contribution in [1.29, 1.82) is 0 Å². The number of carbonyl (C=O) groups excluding carboxylic acids is 1. The summed E-state index contributed by atoms with van der Waals surface area (Å²) in [5.74, 6) is 0.360. The highest BCUT2D eigenvalue weighted by Gasteiger charge is 2.32. The maximum Gasteiger partial charge on any atom is 0.290 e. The Labute approximate surface area is 172 Å². The van der Waals surface area contributed by atoms with E-state index in [1.54, 1.807) is 7.05 Å². The average molecular weight is 426 g/mol. The second-order valence-electron chi connectivity index (χ2n) is 7.40. The first-order chi connectivity index (χ1) is 13.9. The number of benzene rings is 1. The van der Waals surface area contributed by atoms with Gasteiger partial charge >= 0.3 is 0 Å². The molecule has 9 heteroatoms. The van der Waals surface area contributed by atoms with Crippen molar-refractivity contribution in [2.75, 3.05) is 26.7 Å². The summed E-state index contributed by atoms with van der Waals surface area (Å²) in [4.78, 5) is 22.7. The third-order valence-electron chi connectivity index (χ3n) is 5.69. The molecule has 0 aromatic heterocycles. The first-order valence-corrected chi connectivity index (χ1v) is 11.5. The normalized spacial score (nSPS) is 22.0. The molecule has 0 aliphatic carbocycles. The molecule has 0 saturated carbocycles. The first-order valence-electron chi connectivity index (χ1n) is 10.1. The van der Waals surface area contributed by atoms with Gasteiger partial charge in [0.25, 0.3) is 12.4 Å². The van der Waals surface area contributed by atoms with Crippen molar-refractivity contribution in [2.45, 2.75) is 49.5 Å². The van der Waals surface area contributed by atoms with Crippen molar-refractivity contribution < 1.29 is 23.1 Å². The number of amides is 1. The van der Waals surface area contributed by atoms with Gasteiger partial charge in [-0.15, -0.1) is 0 Å². The molecule has 1 aromatic rings. The van der Waals surface area contributed by atoms with Gasteiger partial charge in [-0.05, 0) is 75.4 Å². The zero-order chi connectivity index (χ0) is 21.3. The van der Waals surface area contributed by atoms with Crippen molar-refractivity contribution in [1.82, 2.24) is 14.9 Å². The number of rotatable bonds is 6. The molecule has 0 unspecified atom stereocenters. The Hall–Kier alpha value is -1.97. The second-order valence-corrected chi connectivity index (χ2v) is 9.16. The van der Waals surface area contributed by atoms with E-state index < -0.39 is 10.0 Å². The molecule has 2 aliphatic heterocycles. The third kappa shape index (κ3) is 6.52. The van der Waals surface area contributed by atoms with Crippen LogP contribution < -0.4 is 10.0 Å². The molecule has 2 saturated heterocycles. The van der Waals surface area contributed by atoms with E-state index in [1.165, 1.54) is 69.5 Å². The summed E-state index contributed by atoms with van der Waals surface area (Å²) in [5, 5.41) is 9.41. The largest absolute Gasteiger partial charge is 0.483 e. The van der Waals surface area contributed by atoms with E-state index in [4.69, 9.17) is 9.90 Å². The average Bonchev–Trinajstić information content (AvgIpc) is 2.74. The van der Waals surface area contributed by atoms with Gasteiger partial charge in [-0.3, -0.25) is 9.59 Å². The summed E-state index contributed by atoms with van der Waals surface area (Å²) < 4.78 is 27.7. The number of hydrogen-bond donors (Lipinski definition) is 3. The number of carbonyl (C=O) groups is 2. The predicted octanol–water partition coefficient (Wildman–Crippen LogP) is 1.68. The molecule has 2 atom stereocenters. The van der Waals surface area contributed by atoms with Crippen LogP contribution in [-0.2, 0) is 14.8 Å². The van der Waals surface area contributed by atoms with Crippen molar-refractivity contribution >= 4 is 22.4 Å². The Bertz CT molecular complexity index is 765. The fourth-order valence-corrected chi connectivity index (χ4v) is 5.35. The number of sulfonamides is 1. The summed E-state index contributed by atoms with van der Waals surface area (Å²) in [7, 11) is -1.99. The van der Waals surface area contributed by atoms with Crippen LogP contribution in [-0.4, -0.2) is 63.5 Å². The number of nitrogens with one attached hydrogen (secondary N) is 2. The Balaban J connectivity index is 0.000000941. The van der Waals surface area contributed by atoms with Crippen LogP contribution in [0.3, 0.4) is 0 Å². The molecule has 0 radical (unpaired) electrons. The van der Waals surface area contributed by atoms with Gasteiger partial charge in [0, 0.05) is 25.2 Å². The van der Waals surface area contributed by atoms with Gasteiger partial charge in [0.05, 0.1) is 4.90 Å². The Morgan fingerprint density at radius 1 is 1.17 bits per heavy atom. The second kappa shape index (κ2) is 11.3. The molecule has 162 valence electrons. The smallest absolute Gasteiger partial charge is 0.290 e. The Kier molecular flexibility index (Phi) is 9.06. The first kappa shape index (κ1) is 23.3. The summed E-state index contributed by atoms with van der Waals surface area (Å²) in [5.41, 5.74) is 0.450. The lowest BCUT2D eigenvalue weighted by atomic mass is 9.82. The highest BCUT2D eigenvalue weighted by Crippen LogP contribution is 2.32. The van der Waals surface area contributed by atoms with E-state index in [1.807, 2.05) is 0 Å². The molecule has 3 rings (SSSR count). The Morgan fingerprint density at radius 3 is 2.48 bits per heavy atom. The fourth-order valence-electron chi connectivity index (χ4n) is 4.31. The maximum absolute atomic E-state index is 12.5. The minimum Gasteiger partial charge on any atom is -0.483 e. The van der Waals surface area contributed by atoms with Crippen LogP contribution in [0.5, 0.6) is 0 Å². The monoisotopic (exact) mass is 425 g/mol. The van der Waals surface area contributed by atoms with E-state index >= 15 is 0 Å². The molecule has 0 spiro atoms. The lowest BCUT2D eigenvalue weighted by molar-refractivity contribution is -0.122. The highest BCUT2D eigenvalue weighted by molar-refractivity contribution is 7.89. The van der Waals surface area contributed by atoms with Crippen LogP contribution in [0.4, 0.5) is 0 Å². The van der Waals surface area contributed by atoms with Crippen LogP contribution in [0.1, 0.15) is 48.9 Å². The van der Waals surface area contributed by atoms with Crippen LogP contribution in [0.25, 0.3) is 0 Å². The minimum atomic E-state index is -3.53. The highest BCUT2D eigenvalue weighted by atomic mass is 32.2. The predicted molar refractivity (Wildman–Crippen MR) is 110 cm³/mol. The lowest BCUT2D eigenvalue weighted by Gasteiger charge is -2.44. The number of nitrogens with zero attached hydrogens (tertiary/aromatic N) is 1. The Morgan fingerprint density at radius 2 is 1.83 bits per heavy atom. The molecular weight excluding hydrogens is 394 g/mol. The molecule has 1 aromatic carbocycles. The van der Waals surface area contributed by atoms with Crippen molar-refractivity contribution in [3.05, 3.63) is 29.8 Å². The van der Waals surface area contributed by atoms with Crippen LogP contribution >= 0.6 is 0 Å². The topological polar surface area (TPSA) is 116 Å². The molecule has 29 heavy (non-hydrogen) atoms. The van der Waals surface area contributed by atoms with Gasteiger partial charge in [-0.1, -0.05) is 6.42 Å². The van der Waals surface area contributed by atoms with Gasteiger partial charge < -0.3 is 15.3 Å². The fraction of sp³-hybridized carbons (Fsp3) is 0.600. The molecule has 0 bridgehead atoms. The number of hydrogen-bond acceptors (Lipinski definition) is 5. The number of fused-ring (bicyclic) bond motifs is 1. The van der Waals surface area contributed by atoms with E-state index in [2.05, 4.69) is 14.9 Å². The summed E-state index contributed by atoms with van der Waals surface area (Å²) in [6, 6.07) is 6.67. The summed E-state index contributed by atoms with van der Waals surface area (Å²) in [6.45, 7) is 2.61. The van der Waals surface area contributed by atoms with E-state index in [9.17, 15) is 13.2 Å². The van der Waals surface area contributed by atoms with Gasteiger partial charge in [0.15, 0.2) is 0 Å². The summed E-state index contributed by atoms with van der Waals surface area (Å²) >= 11 is 0. The van der Waals surface area contributed by atoms with Crippen LogP contribution in [0.15, 0.2) is 29.2 Å². The quantitative estimate of drug-likeness (QED) is 0.597. The molecule has 2 heterocycles. The van der Waals surface area contributed by atoms with Crippen molar-refractivity contribution in [3.63, 3.8) is 0 Å². The van der Waals surface area contributed by atoms with Crippen molar-refractivity contribution in [2.24, 2.45) is 5.92 Å². The van der Waals surface area contributed by atoms with Gasteiger partial charge in [0.2, 0.25) is 10.0 Å². The standard InChI is InChI=1S/C19H29N3O3S.CH2O2/c1-20-19(23)16-7-9-17(10-8-16)26(24,25)21-12-11-15-5-4-14-22-13-3-2-6-18(15)22;2-1-3/h7-10,15,18,21H,2-6,11-14H2,1H3,(H,20,23);1H,(H,2,3)/t15-,18+;/m0./s1. The molecule has 3 N–H and O–H groups in total. The van der Waals surface area contributed by atoms with Crippen molar-refractivity contribution in [3.8, 4) is 0 Å². The summed E-state index contributed by atoms with van der Waals surface area (Å²) in [6.07, 6.45) is 7.14.